The van der Waals surface area contributed by atoms with Crippen LogP contribution in [-0.4, -0.2) is 19.2 Å². The monoisotopic (exact) mass is 294 g/mol. The van der Waals surface area contributed by atoms with Crippen LogP contribution in [0.2, 0.25) is 0 Å². The molecule has 1 heterocycles. The fourth-order valence-electron chi connectivity index (χ4n) is 2.37. The summed E-state index contributed by atoms with van der Waals surface area (Å²) in [7, 11) is 3.26. The zero-order chi connectivity index (χ0) is 15.5. The Morgan fingerprint density at radius 2 is 1.59 bits per heavy atom. The first-order valence-corrected chi connectivity index (χ1v) is 7.05. The Morgan fingerprint density at radius 3 is 2.27 bits per heavy atom. The van der Waals surface area contributed by atoms with Crippen molar-refractivity contribution < 1.29 is 9.47 Å². The summed E-state index contributed by atoms with van der Waals surface area (Å²) in [4.78, 5) is 4.41. The number of aryl methyl sites for hydroxylation is 1. The number of hydrogen-bond acceptors (Lipinski definition) is 4. The Bertz CT molecular complexity index is 798. The summed E-state index contributed by atoms with van der Waals surface area (Å²) >= 11 is 0. The van der Waals surface area contributed by atoms with Gasteiger partial charge in [-0.3, -0.25) is 4.98 Å². The molecular weight excluding hydrogens is 276 g/mol. The van der Waals surface area contributed by atoms with E-state index >= 15 is 0 Å². The molecule has 0 aliphatic rings. The van der Waals surface area contributed by atoms with Crippen LogP contribution in [0.1, 0.15) is 5.56 Å². The second-order valence-electron chi connectivity index (χ2n) is 5.07. The van der Waals surface area contributed by atoms with Crippen molar-refractivity contribution >= 4 is 22.3 Å². The largest absolute Gasteiger partial charge is 0.493 e. The predicted molar refractivity (Wildman–Crippen MR) is 89.3 cm³/mol. The SMILES string of the molecule is COc1cc2nccc(Nc3ccc(C)cc3)c2cc1OC. The maximum atomic E-state index is 5.38. The molecule has 3 rings (SSSR count). The number of nitrogens with one attached hydrogen (secondary N) is 1. The lowest BCUT2D eigenvalue weighted by Gasteiger charge is -2.13. The molecule has 0 atom stereocenters. The Kier molecular flexibility index (Phi) is 3.83. The molecule has 4 heteroatoms. The first kappa shape index (κ1) is 14.2. The second kappa shape index (κ2) is 5.93. The van der Waals surface area contributed by atoms with E-state index in [0.29, 0.717) is 11.5 Å². The van der Waals surface area contributed by atoms with Gasteiger partial charge in [-0.1, -0.05) is 17.7 Å². The summed E-state index contributed by atoms with van der Waals surface area (Å²) in [5, 5.41) is 4.41. The third-order valence-electron chi connectivity index (χ3n) is 3.58. The van der Waals surface area contributed by atoms with Gasteiger partial charge in [-0.25, -0.2) is 0 Å². The van der Waals surface area contributed by atoms with E-state index in [1.54, 1.807) is 20.4 Å². The van der Waals surface area contributed by atoms with Gasteiger partial charge in [0.2, 0.25) is 0 Å². The van der Waals surface area contributed by atoms with E-state index < -0.39 is 0 Å². The standard InChI is InChI=1S/C18H18N2O2/c1-12-4-6-13(7-5-12)20-15-8-9-19-16-11-18(22-3)17(21-2)10-14(15)16/h4-11H,1-3H3,(H,19,20). The van der Waals surface area contributed by atoms with Crippen molar-refractivity contribution in [3.05, 3.63) is 54.2 Å². The van der Waals surface area contributed by atoms with Crippen LogP contribution >= 0.6 is 0 Å². The molecule has 3 aromatic rings. The summed E-state index contributed by atoms with van der Waals surface area (Å²) in [5.74, 6) is 1.37. The molecule has 22 heavy (non-hydrogen) atoms. The van der Waals surface area contributed by atoms with Gasteiger partial charge < -0.3 is 14.8 Å². The van der Waals surface area contributed by atoms with Crippen molar-refractivity contribution in [2.24, 2.45) is 0 Å². The summed E-state index contributed by atoms with van der Waals surface area (Å²) < 4.78 is 10.7. The minimum Gasteiger partial charge on any atom is -0.493 e. The zero-order valence-electron chi connectivity index (χ0n) is 12.9. The van der Waals surface area contributed by atoms with Gasteiger partial charge >= 0.3 is 0 Å². The molecule has 0 saturated carbocycles. The first-order valence-electron chi connectivity index (χ1n) is 7.05. The maximum absolute atomic E-state index is 5.38. The molecule has 1 aromatic heterocycles. The molecule has 0 aliphatic carbocycles. The van der Waals surface area contributed by atoms with Crippen molar-refractivity contribution in [2.45, 2.75) is 6.92 Å². The lowest BCUT2D eigenvalue weighted by atomic mass is 10.1. The molecule has 0 unspecified atom stereocenters. The van der Waals surface area contributed by atoms with E-state index in [9.17, 15) is 0 Å². The van der Waals surface area contributed by atoms with Gasteiger partial charge in [0.1, 0.15) is 0 Å². The molecule has 0 spiro atoms. The lowest BCUT2D eigenvalue weighted by molar-refractivity contribution is 0.356. The van der Waals surface area contributed by atoms with Crippen LogP contribution in [0.15, 0.2) is 48.7 Å². The van der Waals surface area contributed by atoms with E-state index in [-0.39, 0.29) is 0 Å². The highest BCUT2D eigenvalue weighted by Crippen LogP contribution is 2.35. The van der Waals surface area contributed by atoms with Crippen molar-refractivity contribution in [1.82, 2.24) is 4.98 Å². The zero-order valence-corrected chi connectivity index (χ0v) is 12.9. The minimum atomic E-state index is 0.676. The maximum Gasteiger partial charge on any atom is 0.162 e. The summed E-state index contributed by atoms with van der Waals surface area (Å²) in [6.45, 7) is 2.07. The number of benzene rings is 2. The molecule has 0 aliphatic heterocycles. The van der Waals surface area contributed by atoms with Gasteiger partial charge in [0.05, 0.1) is 19.7 Å². The number of ether oxygens (including phenoxy) is 2. The van der Waals surface area contributed by atoms with Crippen LogP contribution in [0.25, 0.3) is 10.9 Å². The van der Waals surface area contributed by atoms with Gasteiger partial charge in [-0.15, -0.1) is 0 Å². The Balaban J connectivity index is 2.07. The molecule has 1 N–H and O–H groups in total. The molecule has 4 nitrogen and oxygen atoms in total. The summed E-state index contributed by atoms with van der Waals surface area (Å²) in [5.41, 5.74) is 4.11. The van der Waals surface area contributed by atoms with Gasteiger partial charge in [-0.05, 0) is 31.2 Å². The predicted octanol–water partition coefficient (Wildman–Crippen LogP) is 4.30. The number of fused-ring (bicyclic) bond motifs is 1. The lowest BCUT2D eigenvalue weighted by Crippen LogP contribution is -1.95. The van der Waals surface area contributed by atoms with Crippen LogP contribution in [0.3, 0.4) is 0 Å². The van der Waals surface area contributed by atoms with Gasteiger partial charge in [-0.2, -0.15) is 0 Å². The van der Waals surface area contributed by atoms with E-state index in [1.165, 1.54) is 5.56 Å². The first-order chi connectivity index (χ1) is 10.7. The van der Waals surface area contributed by atoms with Gasteiger partial charge in [0, 0.05) is 29.0 Å². The number of nitrogens with zero attached hydrogens (tertiary/aromatic N) is 1. The van der Waals surface area contributed by atoms with Crippen molar-refractivity contribution in [3.63, 3.8) is 0 Å². The molecule has 112 valence electrons. The summed E-state index contributed by atoms with van der Waals surface area (Å²) in [6.07, 6.45) is 1.78. The third-order valence-corrected chi connectivity index (χ3v) is 3.58. The number of anilines is 2. The number of pyridine rings is 1. The molecule has 0 amide bonds. The fourth-order valence-corrected chi connectivity index (χ4v) is 2.37. The smallest absolute Gasteiger partial charge is 0.162 e. The number of methoxy groups -OCH3 is 2. The second-order valence-corrected chi connectivity index (χ2v) is 5.07. The van der Waals surface area contributed by atoms with Crippen molar-refractivity contribution in [3.8, 4) is 11.5 Å². The van der Waals surface area contributed by atoms with E-state index in [2.05, 4.69) is 41.5 Å². The van der Waals surface area contributed by atoms with E-state index in [1.807, 2.05) is 18.2 Å². The summed E-state index contributed by atoms with van der Waals surface area (Å²) in [6, 6.07) is 14.1. The molecule has 0 fully saturated rings. The molecule has 0 bridgehead atoms. The highest BCUT2D eigenvalue weighted by Gasteiger charge is 2.10. The van der Waals surface area contributed by atoms with Crippen LogP contribution < -0.4 is 14.8 Å². The van der Waals surface area contributed by atoms with E-state index in [0.717, 1.165) is 22.3 Å². The van der Waals surface area contributed by atoms with Gasteiger partial charge in [0.25, 0.3) is 0 Å². The molecular formula is C18H18N2O2. The van der Waals surface area contributed by atoms with Gasteiger partial charge in [0.15, 0.2) is 11.5 Å². The number of rotatable bonds is 4. The number of aromatic nitrogens is 1. The fraction of sp³-hybridized carbons (Fsp3) is 0.167. The third kappa shape index (κ3) is 2.68. The van der Waals surface area contributed by atoms with Crippen LogP contribution in [0.4, 0.5) is 11.4 Å². The quantitative estimate of drug-likeness (QED) is 0.779. The highest BCUT2D eigenvalue weighted by atomic mass is 16.5. The minimum absolute atomic E-state index is 0.676. The van der Waals surface area contributed by atoms with Crippen LogP contribution in [0, 0.1) is 6.92 Å². The van der Waals surface area contributed by atoms with E-state index in [4.69, 9.17) is 9.47 Å². The molecule has 2 aromatic carbocycles. The number of hydrogen-bond donors (Lipinski definition) is 1. The molecule has 0 radical (unpaired) electrons. The average Bonchev–Trinajstić information content (AvgIpc) is 2.56. The van der Waals surface area contributed by atoms with Crippen LogP contribution in [0.5, 0.6) is 11.5 Å². The molecule has 0 saturated heterocycles. The average molecular weight is 294 g/mol. The highest BCUT2D eigenvalue weighted by molar-refractivity contribution is 5.95. The van der Waals surface area contributed by atoms with Crippen molar-refractivity contribution in [1.29, 1.82) is 0 Å². The van der Waals surface area contributed by atoms with Crippen LogP contribution in [-0.2, 0) is 0 Å². The Hall–Kier alpha value is -2.75. The Morgan fingerprint density at radius 1 is 0.909 bits per heavy atom. The topological polar surface area (TPSA) is 43.4 Å². The normalized spacial score (nSPS) is 10.5. The Labute approximate surface area is 129 Å². The van der Waals surface area contributed by atoms with Crippen molar-refractivity contribution in [2.75, 3.05) is 19.5 Å².